The van der Waals surface area contributed by atoms with E-state index in [9.17, 15) is 17.6 Å². The minimum Gasteiger partial charge on any atom is -0.354 e. The third kappa shape index (κ3) is 6.44. The summed E-state index contributed by atoms with van der Waals surface area (Å²) in [7, 11) is -1.59. The van der Waals surface area contributed by atoms with Gasteiger partial charge in [0.2, 0.25) is 15.9 Å². The number of carbonyl (C=O) groups is 1. The number of rotatable bonds is 8. The first-order valence-corrected chi connectivity index (χ1v) is 11.0. The van der Waals surface area contributed by atoms with Crippen LogP contribution in [0.1, 0.15) is 13.3 Å². The summed E-state index contributed by atoms with van der Waals surface area (Å²) in [5.41, 5.74) is 0.263. The Morgan fingerprint density at radius 1 is 1.22 bits per heavy atom. The molecule has 0 aliphatic carbocycles. The zero-order chi connectivity index (χ0) is 20.0. The fraction of sp³-hybridized carbons (Fsp3) is 0.611. The molecule has 0 radical (unpaired) electrons. The van der Waals surface area contributed by atoms with Gasteiger partial charge in [-0.2, -0.15) is 0 Å². The zero-order valence-electron chi connectivity index (χ0n) is 16.2. The molecule has 1 aliphatic heterocycles. The van der Waals surface area contributed by atoms with E-state index in [1.54, 1.807) is 0 Å². The van der Waals surface area contributed by atoms with Crippen LogP contribution >= 0.6 is 0 Å². The number of likely N-dealkylation sites (N-methyl/N-ethyl adjacent to an activating group) is 1. The third-order valence-corrected chi connectivity index (χ3v) is 5.96. The summed E-state index contributed by atoms with van der Waals surface area (Å²) in [6.07, 6.45) is 1.84. The van der Waals surface area contributed by atoms with Gasteiger partial charge in [-0.1, -0.05) is 0 Å². The van der Waals surface area contributed by atoms with Gasteiger partial charge in [0.15, 0.2) is 0 Å². The lowest BCUT2D eigenvalue weighted by Crippen LogP contribution is -2.48. The van der Waals surface area contributed by atoms with Crippen LogP contribution < -0.4 is 9.62 Å². The molecule has 1 saturated heterocycles. The topological polar surface area (TPSA) is 73.0 Å². The van der Waals surface area contributed by atoms with Crippen LogP contribution in [0.5, 0.6) is 0 Å². The summed E-state index contributed by atoms with van der Waals surface area (Å²) in [4.78, 5) is 17.1. The molecule has 1 fully saturated rings. The predicted molar refractivity (Wildman–Crippen MR) is 105 cm³/mol. The summed E-state index contributed by atoms with van der Waals surface area (Å²) in [5.74, 6) is -0.837. The molecule has 1 amide bonds. The summed E-state index contributed by atoms with van der Waals surface area (Å²) in [6, 6.07) is 4.14. The van der Waals surface area contributed by atoms with Crippen molar-refractivity contribution in [1.82, 2.24) is 15.1 Å². The fourth-order valence-corrected chi connectivity index (χ4v) is 4.31. The maximum atomic E-state index is 13.1. The quantitative estimate of drug-likeness (QED) is 0.652. The van der Waals surface area contributed by atoms with E-state index in [1.165, 1.54) is 31.2 Å². The van der Waals surface area contributed by atoms with E-state index in [-0.39, 0.29) is 11.6 Å². The van der Waals surface area contributed by atoms with Crippen molar-refractivity contribution in [3.8, 4) is 0 Å². The Morgan fingerprint density at radius 2 is 1.81 bits per heavy atom. The van der Waals surface area contributed by atoms with Crippen molar-refractivity contribution in [2.75, 3.05) is 56.9 Å². The van der Waals surface area contributed by atoms with Crippen molar-refractivity contribution in [1.29, 1.82) is 0 Å². The van der Waals surface area contributed by atoms with Gasteiger partial charge in [0, 0.05) is 32.7 Å². The molecule has 0 spiro atoms. The number of sulfonamides is 1. The van der Waals surface area contributed by atoms with Crippen molar-refractivity contribution in [3.05, 3.63) is 30.1 Å². The second-order valence-corrected chi connectivity index (χ2v) is 8.86. The Balaban J connectivity index is 1.88. The number of nitrogens with one attached hydrogen (secondary N) is 1. The van der Waals surface area contributed by atoms with E-state index in [0.717, 1.165) is 49.7 Å². The van der Waals surface area contributed by atoms with Gasteiger partial charge in [-0.15, -0.1) is 0 Å². The van der Waals surface area contributed by atoms with Crippen molar-refractivity contribution in [3.63, 3.8) is 0 Å². The molecule has 1 heterocycles. The number of nitrogens with zero attached hydrogens (tertiary/aromatic N) is 3. The highest BCUT2D eigenvalue weighted by Gasteiger charge is 2.28. The molecule has 9 heteroatoms. The molecule has 1 aliphatic rings. The van der Waals surface area contributed by atoms with Gasteiger partial charge in [0.05, 0.1) is 11.9 Å². The van der Waals surface area contributed by atoms with Crippen molar-refractivity contribution >= 4 is 21.6 Å². The minimum atomic E-state index is -3.69. The summed E-state index contributed by atoms with van der Waals surface area (Å²) < 4.78 is 38.5. The first-order valence-electron chi connectivity index (χ1n) is 9.12. The number of hydrogen-bond acceptors (Lipinski definition) is 5. The molecular weight excluding hydrogens is 371 g/mol. The normalized spacial score (nSPS) is 17.5. The molecule has 1 unspecified atom stereocenters. The van der Waals surface area contributed by atoms with Crippen LogP contribution in [-0.4, -0.2) is 82.7 Å². The second kappa shape index (κ2) is 9.48. The second-order valence-electron chi connectivity index (χ2n) is 7.00. The molecule has 1 aromatic rings. The molecule has 2 rings (SSSR count). The molecule has 0 bridgehead atoms. The number of halogens is 1. The molecule has 7 nitrogen and oxygen atoms in total. The van der Waals surface area contributed by atoms with Crippen molar-refractivity contribution in [2.24, 2.45) is 0 Å². The summed E-state index contributed by atoms with van der Waals surface area (Å²) in [6.45, 7) is 7.04. The Morgan fingerprint density at radius 3 is 2.37 bits per heavy atom. The van der Waals surface area contributed by atoms with E-state index in [1.807, 2.05) is 0 Å². The summed E-state index contributed by atoms with van der Waals surface area (Å²) >= 11 is 0. The standard InChI is InChI=1S/C18H29FN4O3S/c1-15(23(27(3,25)26)17-7-5-16(19)6-8-17)18(24)20-9-4-10-22-13-11-21(2)12-14-22/h5-8,15H,4,9-14H2,1-3H3,(H,20,24). The van der Waals surface area contributed by atoms with Gasteiger partial charge in [-0.05, 0) is 51.2 Å². The van der Waals surface area contributed by atoms with Crippen LogP contribution in [0.25, 0.3) is 0 Å². The highest BCUT2D eigenvalue weighted by molar-refractivity contribution is 7.92. The van der Waals surface area contributed by atoms with E-state index < -0.39 is 21.9 Å². The smallest absolute Gasteiger partial charge is 0.243 e. The van der Waals surface area contributed by atoms with Gasteiger partial charge in [-0.25, -0.2) is 12.8 Å². The molecular formula is C18H29FN4O3S. The van der Waals surface area contributed by atoms with Gasteiger partial charge >= 0.3 is 0 Å². The Labute approximate surface area is 161 Å². The predicted octanol–water partition coefficient (Wildman–Crippen LogP) is 0.734. The molecule has 0 saturated carbocycles. The fourth-order valence-electron chi connectivity index (χ4n) is 3.13. The molecule has 152 valence electrons. The number of amides is 1. The van der Waals surface area contributed by atoms with Crippen LogP contribution in [0.3, 0.4) is 0 Å². The van der Waals surface area contributed by atoms with Gasteiger partial charge in [0.25, 0.3) is 0 Å². The van der Waals surface area contributed by atoms with Gasteiger partial charge in [0.1, 0.15) is 11.9 Å². The van der Waals surface area contributed by atoms with Crippen LogP contribution in [0.15, 0.2) is 24.3 Å². The third-order valence-electron chi connectivity index (χ3n) is 4.72. The van der Waals surface area contributed by atoms with Crippen LogP contribution in [0.4, 0.5) is 10.1 Å². The summed E-state index contributed by atoms with van der Waals surface area (Å²) in [5, 5.41) is 2.81. The maximum Gasteiger partial charge on any atom is 0.243 e. The monoisotopic (exact) mass is 400 g/mol. The Kier molecular flexibility index (Phi) is 7.58. The number of carbonyl (C=O) groups excluding carboxylic acids is 1. The van der Waals surface area contributed by atoms with Crippen LogP contribution in [0, 0.1) is 5.82 Å². The van der Waals surface area contributed by atoms with E-state index in [4.69, 9.17) is 0 Å². The van der Waals surface area contributed by atoms with Crippen LogP contribution in [0.2, 0.25) is 0 Å². The first-order chi connectivity index (χ1) is 12.7. The average Bonchev–Trinajstić information content (AvgIpc) is 2.60. The highest BCUT2D eigenvalue weighted by Crippen LogP contribution is 2.21. The van der Waals surface area contributed by atoms with E-state index in [0.29, 0.717) is 6.54 Å². The zero-order valence-corrected chi connectivity index (χ0v) is 17.0. The Hall–Kier alpha value is -1.71. The van der Waals surface area contributed by atoms with Crippen molar-refractivity contribution < 1.29 is 17.6 Å². The largest absolute Gasteiger partial charge is 0.354 e. The molecule has 1 N–H and O–H groups in total. The number of hydrogen-bond donors (Lipinski definition) is 1. The van der Waals surface area contributed by atoms with E-state index >= 15 is 0 Å². The van der Waals surface area contributed by atoms with Gasteiger partial charge in [-0.3, -0.25) is 9.10 Å². The number of piperazine rings is 1. The Bertz CT molecular complexity index is 719. The first kappa shape index (κ1) is 21.6. The number of benzene rings is 1. The molecule has 0 aromatic heterocycles. The van der Waals surface area contributed by atoms with Crippen LogP contribution in [-0.2, 0) is 14.8 Å². The molecule has 1 atom stereocenters. The number of anilines is 1. The maximum absolute atomic E-state index is 13.1. The lowest BCUT2D eigenvalue weighted by molar-refractivity contribution is -0.121. The molecule has 1 aromatic carbocycles. The SMILES string of the molecule is CC(C(=O)NCCCN1CCN(C)CC1)N(c1ccc(F)cc1)S(C)(=O)=O. The highest BCUT2D eigenvalue weighted by atomic mass is 32.2. The minimum absolute atomic E-state index is 0.263. The van der Waals surface area contributed by atoms with Gasteiger partial charge < -0.3 is 15.1 Å². The molecule has 27 heavy (non-hydrogen) atoms. The lowest BCUT2D eigenvalue weighted by Gasteiger charge is -2.32. The average molecular weight is 401 g/mol. The van der Waals surface area contributed by atoms with Crippen molar-refractivity contribution in [2.45, 2.75) is 19.4 Å². The van der Waals surface area contributed by atoms with E-state index in [2.05, 4.69) is 22.2 Å². The lowest BCUT2D eigenvalue weighted by atomic mass is 10.2.